The highest BCUT2D eigenvalue weighted by molar-refractivity contribution is 9.10. The minimum atomic E-state index is -0.238. The Morgan fingerprint density at radius 3 is 2.59 bits per heavy atom. The Morgan fingerprint density at radius 1 is 1.24 bits per heavy atom. The first-order chi connectivity index (χ1) is 8.16. The molecule has 0 spiro atoms. The monoisotopic (exact) mass is 295 g/mol. The number of nitrogens with two attached hydrogens (primary N) is 1. The maximum Gasteiger partial charge on any atom is 0.123 e. The molecule has 2 aromatic rings. The summed E-state index contributed by atoms with van der Waals surface area (Å²) < 4.78 is 13.5. The highest BCUT2D eigenvalue weighted by Gasteiger charge is 2.04. The van der Waals surface area contributed by atoms with Gasteiger partial charge in [0.1, 0.15) is 5.82 Å². The van der Waals surface area contributed by atoms with Crippen LogP contribution in [0, 0.1) is 5.82 Å². The van der Waals surface area contributed by atoms with Gasteiger partial charge in [0.25, 0.3) is 0 Å². The summed E-state index contributed by atoms with van der Waals surface area (Å²) in [6, 6.07) is 6.32. The SMILES string of the molecule is Nc1cncc(Br)c1NCc1ccc(F)cc1. The van der Waals surface area contributed by atoms with E-state index < -0.39 is 0 Å². The van der Waals surface area contributed by atoms with Gasteiger partial charge in [-0.1, -0.05) is 12.1 Å². The van der Waals surface area contributed by atoms with Gasteiger partial charge in [0, 0.05) is 12.7 Å². The molecule has 17 heavy (non-hydrogen) atoms. The number of nitrogen functional groups attached to an aromatic ring is 1. The Kier molecular flexibility index (Phi) is 3.58. The number of halogens is 2. The van der Waals surface area contributed by atoms with Gasteiger partial charge in [-0.3, -0.25) is 4.98 Å². The highest BCUT2D eigenvalue weighted by Crippen LogP contribution is 2.27. The van der Waals surface area contributed by atoms with Gasteiger partial charge in [-0.05, 0) is 33.6 Å². The lowest BCUT2D eigenvalue weighted by molar-refractivity contribution is 0.627. The fourth-order valence-corrected chi connectivity index (χ4v) is 1.92. The molecule has 0 saturated carbocycles. The fourth-order valence-electron chi connectivity index (χ4n) is 1.43. The molecule has 5 heteroatoms. The Balaban J connectivity index is 2.10. The number of hydrogen-bond acceptors (Lipinski definition) is 3. The van der Waals surface area contributed by atoms with Crippen LogP contribution in [-0.2, 0) is 6.54 Å². The summed E-state index contributed by atoms with van der Waals surface area (Å²) in [6.07, 6.45) is 3.25. The molecule has 0 saturated heterocycles. The molecule has 0 aliphatic heterocycles. The summed E-state index contributed by atoms with van der Waals surface area (Å²) in [6.45, 7) is 0.576. The normalized spacial score (nSPS) is 10.2. The predicted octanol–water partition coefficient (Wildman–Crippen LogP) is 3.18. The van der Waals surface area contributed by atoms with Crippen LogP contribution in [0.3, 0.4) is 0 Å². The van der Waals surface area contributed by atoms with Gasteiger partial charge in [-0.2, -0.15) is 0 Å². The quantitative estimate of drug-likeness (QED) is 0.914. The van der Waals surface area contributed by atoms with E-state index in [4.69, 9.17) is 5.73 Å². The molecule has 0 bridgehead atoms. The van der Waals surface area contributed by atoms with Crippen LogP contribution in [0.15, 0.2) is 41.1 Å². The molecule has 1 heterocycles. The zero-order chi connectivity index (χ0) is 12.3. The number of pyridine rings is 1. The van der Waals surface area contributed by atoms with E-state index in [1.165, 1.54) is 12.1 Å². The van der Waals surface area contributed by atoms with Crippen LogP contribution in [0.5, 0.6) is 0 Å². The minimum Gasteiger partial charge on any atom is -0.396 e. The Hall–Kier alpha value is -1.62. The third-order valence-corrected chi connectivity index (χ3v) is 2.91. The number of aromatic nitrogens is 1. The lowest BCUT2D eigenvalue weighted by Gasteiger charge is -2.10. The lowest BCUT2D eigenvalue weighted by Crippen LogP contribution is -2.03. The maximum atomic E-state index is 12.7. The molecule has 3 nitrogen and oxygen atoms in total. The van der Waals surface area contributed by atoms with E-state index in [-0.39, 0.29) is 5.82 Å². The van der Waals surface area contributed by atoms with Crippen LogP contribution in [0.4, 0.5) is 15.8 Å². The average Bonchev–Trinajstić information content (AvgIpc) is 2.31. The van der Waals surface area contributed by atoms with E-state index in [1.807, 2.05) is 0 Å². The summed E-state index contributed by atoms with van der Waals surface area (Å²) >= 11 is 3.37. The zero-order valence-corrected chi connectivity index (χ0v) is 10.5. The summed E-state index contributed by atoms with van der Waals surface area (Å²) in [7, 11) is 0. The average molecular weight is 296 g/mol. The van der Waals surface area contributed by atoms with Gasteiger partial charge in [0.2, 0.25) is 0 Å². The second-order valence-corrected chi connectivity index (χ2v) is 4.42. The summed E-state index contributed by atoms with van der Waals surface area (Å²) in [5.74, 6) is -0.238. The van der Waals surface area contributed by atoms with Crippen molar-refractivity contribution in [3.63, 3.8) is 0 Å². The van der Waals surface area contributed by atoms with E-state index in [1.54, 1.807) is 24.5 Å². The molecule has 3 N–H and O–H groups in total. The van der Waals surface area contributed by atoms with Gasteiger partial charge >= 0.3 is 0 Å². The van der Waals surface area contributed by atoms with Gasteiger partial charge in [0.05, 0.1) is 22.0 Å². The topological polar surface area (TPSA) is 50.9 Å². The van der Waals surface area contributed by atoms with Crippen molar-refractivity contribution in [2.24, 2.45) is 0 Å². The van der Waals surface area contributed by atoms with Crippen molar-refractivity contribution in [2.75, 3.05) is 11.1 Å². The molecule has 0 amide bonds. The molecule has 0 atom stereocenters. The fraction of sp³-hybridized carbons (Fsp3) is 0.0833. The number of hydrogen-bond donors (Lipinski definition) is 2. The molecule has 0 aliphatic carbocycles. The molecule has 0 unspecified atom stereocenters. The van der Waals surface area contributed by atoms with Crippen LogP contribution in [-0.4, -0.2) is 4.98 Å². The van der Waals surface area contributed by atoms with E-state index in [0.717, 1.165) is 15.7 Å². The number of nitrogens with zero attached hydrogens (tertiary/aromatic N) is 1. The van der Waals surface area contributed by atoms with Crippen LogP contribution in [0.25, 0.3) is 0 Å². The molecular weight excluding hydrogens is 285 g/mol. The molecule has 0 aliphatic rings. The van der Waals surface area contributed by atoms with Crippen molar-refractivity contribution < 1.29 is 4.39 Å². The third kappa shape index (κ3) is 2.94. The lowest BCUT2D eigenvalue weighted by atomic mass is 10.2. The van der Waals surface area contributed by atoms with Crippen LogP contribution in [0.1, 0.15) is 5.56 Å². The Morgan fingerprint density at radius 2 is 1.94 bits per heavy atom. The largest absolute Gasteiger partial charge is 0.396 e. The number of benzene rings is 1. The predicted molar refractivity (Wildman–Crippen MR) is 70.1 cm³/mol. The van der Waals surface area contributed by atoms with E-state index >= 15 is 0 Å². The zero-order valence-electron chi connectivity index (χ0n) is 8.95. The molecule has 0 fully saturated rings. The van der Waals surface area contributed by atoms with Crippen molar-refractivity contribution in [1.82, 2.24) is 4.98 Å². The first-order valence-corrected chi connectivity index (χ1v) is 5.83. The number of anilines is 2. The molecular formula is C12H11BrFN3. The second-order valence-electron chi connectivity index (χ2n) is 3.57. The minimum absolute atomic E-state index is 0.238. The molecule has 88 valence electrons. The van der Waals surface area contributed by atoms with Crippen molar-refractivity contribution in [1.29, 1.82) is 0 Å². The standard InChI is InChI=1S/C12H11BrFN3/c13-10-6-16-7-11(15)12(10)17-5-8-1-3-9(14)4-2-8/h1-4,6-7H,5,15H2,(H,16,17). The maximum absolute atomic E-state index is 12.7. The van der Waals surface area contributed by atoms with Gasteiger partial charge < -0.3 is 11.1 Å². The summed E-state index contributed by atoms with van der Waals surface area (Å²) in [5.41, 5.74) is 8.14. The first-order valence-electron chi connectivity index (χ1n) is 5.04. The first kappa shape index (κ1) is 11.9. The van der Waals surface area contributed by atoms with Gasteiger partial charge in [-0.15, -0.1) is 0 Å². The van der Waals surface area contributed by atoms with Crippen LogP contribution in [0.2, 0.25) is 0 Å². The molecule has 2 rings (SSSR count). The Labute approximate surface area is 107 Å². The van der Waals surface area contributed by atoms with Crippen molar-refractivity contribution in [3.05, 3.63) is 52.5 Å². The van der Waals surface area contributed by atoms with Crippen molar-refractivity contribution >= 4 is 27.3 Å². The molecule has 1 aromatic heterocycles. The van der Waals surface area contributed by atoms with E-state index in [9.17, 15) is 4.39 Å². The second kappa shape index (κ2) is 5.14. The highest BCUT2D eigenvalue weighted by atomic mass is 79.9. The van der Waals surface area contributed by atoms with Gasteiger partial charge in [-0.25, -0.2) is 4.39 Å². The van der Waals surface area contributed by atoms with Gasteiger partial charge in [0.15, 0.2) is 0 Å². The summed E-state index contributed by atoms with van der Waals surface area (Å²) in [4.78, 5) is 3.95. The smallest absolute Gasteiger partial charge is 0.123 e. The molecule has 0 radical (unpaired) electrons. The van der Waals surface area contributed by atoms with Crippen LogP contribution >= 0.6 is 15.9 Å². The van der Waals surface area contributed by atoms with Crippen molar-refractivity contribution in [3.8, 4) is 0 Å². The number of rotatable bonds is 3. The third-order valence-electron chi connectivity index (χ3n) is 2.31. The molecule has 1 aromatic carbocycles. The summed E-state index contributed by atoms with van der Waals surface area (Å²) in [5, 5.41) is 3.18. The number of nitrogens with one attached hydrogen (secondary N) is 1. The van der Waals surface area contributed by atoms with Crippen molar-refractivity contribution in [2.45, 2.75) is 6.54 Å². The van der Waals surface area contributed by atoms with E-state index in [0.29, 0.717) is 12.2 Å². The Bertz CT molecular complexity index is 493. The van der Waals surface area contributed by atoms with Crippen LogP contribution < -0.4 is 11.1 Å². The van der Waals surface area contributed by atoms with E-state index in [2.05, 4.69) is 26.2 Å².